The summed E-state index contributed by atoms with van der Waals surface area (Å²) in [4.78, 5) is 12.7. The van der Waals surface area contributed by atoms with Gasteiger partial charge in [-0.05, 0) is 47.2 Å². The van der Waals surface area contributed by atoms with Gasteiger partial charge < -0.3 is 10.1 Å². The summed E-state index contributed by atoms with van der Waals surface area (Å²) < 4.78 is 31.4. The van der Waals surface area contributed by atoms with Crippen molar-refractivity contribution in [3.05, 3.63) is 83.0 Å². The minimum absolute atomic E-state index is 0.153. The van der Waals surface area contributed by atoms with Crippen LogP contribution in [0.1, 0.15) is 11.3 Å². The van der Waals surface area contributed by atoms with Gasteiger partial charge in [0.2, 0.25) is 0 Å². The standard InChI is InChI=1S/C23H18ClN3O4S/c24-17-6-8-18(9-7-17)27-23(20-13-32(29,30)14-21(20)26-27)25-22(28)12-31-19-10-5-15-3-1-2-4-16(15)11-19/h1-11H,12-14H2,(H,25,28). The van der Waals surface area contributed by atoms with Crippen molar-refractivity contribution in [2.24, 2.45) is 0 Å². The van der Waals surface area contributed by atoms with E-state index in [9.17, 15) is 13.2 Å². The van der Waals surface area contributed by atoms with Gasteiger partial charge in [0.25, 0.3) is 5.91 Å². The first-order valence-electron chi connectivity index (χ1n) is 9.86. The Morgan fingerprint density at radius 3 is 2.56 bits per heavy atom. The number of halogens is 1. The lowest BCUT2D eigenvalue weighted by Gasteiger charge is -2.12. The van der Waals surface area contributed by atoms with Crippen LogP contribution in [0.2, 0.25) is 5.02 Å². The zero-order valence-corrected chi connectivity index (χ0v) is 18.4. The van der Waals surface area contributed by atoms with Gasteiger partial charge in [-0.3, -0.25) is 4.79 Å². The molecule has 1 aromatic heterocycles. The minimum Gasteiger partial charge on any atom is -0.484 e. The van der Waals surface area contributed by atoms with Crippen molar-refractivity contribution in [1.29, 1.82) is 0 Å². The Bertz CT molecular complexity index is 1450. The second kappa shape index (κ2) is 7.96. The van der Waals surface area contributed by atoms with Gasteiger partial charge in [0.05, 0.1) is 22.9 Å². The Kier molecular flexibility index (Phi) is 5.11. The number of anilines is 1. The van der Waals surface area contributed by atoms with Gasteiger partial charge in [0.15, 0.2) is 16.4 Å². The summed E-state index contributed by atoms with van der Waals surface area (Å²) in [6, 6.07) is 20.4. The van der Waals surface area contributed by atoms with Gasteiger partial charge in [-0.1, -0.05) is 41.9 Å². The van der Waals surface area contributed by atoms with Crippen LogP contribution in [-0.2, 0) is 26.1 Å². The predicted molar refractivity (Wildman–Crippen MR) is 123 cm³/mol. The van der Waals surface area contributed by atoms with E-state index < -0.39 is 15.7 Å². The summed E-state index contributed by atoms with van der Waals surface area (Å²) in [5.41, 5.74) is 1.59. The Labute approximate surface area is 189 Å². The summed E-state index contributed by atoms with van der Waals surface area (Å²) in [5, 5.41) is 9.86. The fourth-order valence-corrected chi connectivity index (χ4v) is 5.33. The van der Waals surface area contributed by atoms with Crippen LogP contribution in [0, 0.1) is 0 Å². The van der Waals surface area contributed by atoms with Gasteiger partial charge in [-0.25, -0.2) is 13.1 Å². The molecule has 0 radical (unpaired) electrons. The minimum atomic E-state index is -3.28. The van der Waals surface area contributed by atoms with Crippen molar-refractivity contribution in [3.8, 4) is 11.4 Å². The number of hydrogen-bond donors (Lipinski definition) is 1. The maximum Gasteiger partial charge on any atom is 0.263 e. The van der Waals surface area contributed by atoms with E-state index in [-0.39, 0.29) is 18.1 Å². The normalized spacial score (nSPS) is 14.3. The van der Waals surface area contributed by atoms with E-state index in [4.69, 9.17) is 16.3 Å². The zero-order valence-electron chi connectivity index (χ0n) is 16.8. The van der Waals surface area contributed by atoms with Crippen LogP contribution in [0.4, 0.5) is 5.82 Å². The number of sulfone groups is 1. The number of nitrogens with zero attached hydrogens (tertiary/aromatic N) is 2. The van der Waals surface area contributed by atoms with Crippen molar-refractivity contribution in [1.82, 2.24) is 9.78 Å². The molecule has 162 valence electrons. The summed E-state index contributed by atoms with van der Waals surface area (Å²) in [6.07, 6.45) is 0. The number of hydrogen-bond acceptors (Lipinski definition) is 5. The molecule has 5 rings (SSSR count). The molecule has 0 saturated heterocycles. The van der Waals surface area contributed by atoms with Gasteiger partial charge in [-0.2, -0.15) is 5.10 Å². The molecule has 7 nitrogen and oxygen atoms in total. The molecule has 0 fully saturated rings. The van der Waals surface area contributed by atoms with E-state index >= 15 is 0 Å². The monoisotopic (exact) mass is 467 g/mol. The van der Waals surface area contributed by atoms with Crippen LogP contribution in [0.15, 0.2) is 66.7 Å². The summed E-state index contributed by atoms with van der Waals surface area (Å²) in [6.45, 7) is -0.230. The molecule has 0 bridgehead atoms. The number of nitrogens with one attached hydrogen (secondary N) is 1. The zero-order chi connectivity index (χ0) is 22.3. The molecule has 0 aliphatic carbocycles. The molecular weight excluding hydrogens is 450 g/mol. The molecule has 2 heterocycles. The Morgan fingerprint density at radius 2 is 1.78 bits per heavy atom. The van der Waals surface area contributed by atoms with Gasteiger partial charge in [0.1, 0.15) is 11.6 Å². The average Bonchev–Trinajstić information content (AvgIpc) is 3.25. The Hall–Kier alpha value is -3.36. The molecule has 1 aliphatic heterocycles. The summed E-state index contributed by atoms with van der Waals surface area (Å²) in [7, 11) is -3.28. The fourth-order valence-electron chi connectivity index (χ4n) is 3.71. The molecule has 32 heavy (non-hydrogen) atoms. The fraction of sp³-hybridized carbons (Fsp3) is 0.130. The molecule has 0 unspecified atom stereocenters. The van der Waals surface area contributed by atoms with Crippen LogP contribution in [0.5, 0.6) is 5.75 Å². The topological polar surface area (TPSA) is 90.3 Å². The van der Waals surface area contributed by atoms with Crippen LogP contribution in [0.3, 0.4) is 0 Å². The lowest BCUT2D eigenvalue weighted by Crippen LogP contribution is -2.22. The first kappa shape index (κ1) is 20.5. The molecule has 0 spiro atoms. The van der Waals surface area contributed by atoms with E-state index in [1.165, 1.54) is 4.68 Å². The number of rotatable bonds is 5. The SMILES string of the molecule is O=C(COc1ccc2ccccc2c1)Nc1c2c(nn1-c1ccc(Cl)cc1)CS(=O)(=O)C2. The number of carbonyl (C=O) groups excluding carboxylic acids is 1. The number of amides is 1. The molecule has 0 saturated carbocycles. The van der Waals surface area contributed by atoms with E-state index in [0.29, 0.717) is 33.5 Å². The molecule has 4 aromatic rings. The number of benzene rings is 3. The second-order valence-corrected chi connectivity index (χ2v) is 10.0. The van der Waals surface area contributed by atoms with Crippen molar-refractivity contribution in [2.45, 2.75) is 11.5 Å². The molecule has 1 aliphatic rings. The number of ether oxygens (including phenoxy) is 1. The molecular formula is C23H18ClN3O4S. The number of fused-ring (bicyclic) bond motifs is 2. The number of aromatic nitrogens is 2. The molecule has 9 heteroatoms. The van der Waals surface area contributed by atoms with E-state index in [1.807, 2.05) is 36.4 Å². The summed E-state index contributed by atoms with van der Waals surface area (Å²) >= 11 is 5.98. The van der Waals surface area contributed by atoms with Crippen LogP contribution < -0.4 is 10.1 Å². The highest BCUT2D eigenvalue weighted by atomic mass is 35.5. The summed E-state index contributed by atoms with van der Waals surface area (Å²) in [5.74, 6) is 0.157. The maximum absolute atomic E-state index is 12.7. The quantitative estimate of drug-likeness (QED) is 0.476. The smallest absolute Gasteiger partial charge is 0.263 e. The van der Waals surface area contributed by atoms with Gasteiger partial charge in [-0.15, -0.1) is 0 Å². The van der Waals surface area contributed by atoms with Gasteiger partial charge in [0, 0.05) is 10.6 Å². The van der Waals surface area contributed by atoms with Crippen molar-refractivity contribution >= 4 is 43.9 Å². The lowest BCUT2D eigenvalue weighted by atomic mass is 10.1. The first-order chi connectivity index (χ1) is 15.4. The highest BCUT2D eigenvalue weighted by molar-refractivity contribution is 7.90. The third-order valence-electron chi connectivity index (χ3n) is 5.21. The second-order valence-electron chi connectivity index (χ2n) is 7.54. The first-order valence-corrected chi connectivity index (χ1v) is 12.1. The average molecular weight is 468 g/mol. The third kappa shape index (κ3) is 4.06. The van der Waals surface area contributed by atoms with Crippen LogP contribution in [-0.4, -0.2) is 30.7 Å². The largest absolute Gasteiger partial charge is 0.484 e. The predicted octanol–water partition coefficient (Wildman–Crippen LogP) is 4.12. The van der Waals surface area contributed by atoms with Crippen molar-refractivity contribution in [2.75, 3.05) is 11.9 Å². The van der Waals surface area contributed by atoms with Crippen molar-refractivity contribution < 1.29 is 17.9 Å². The maximum atomic E-state index is 12.7. The third-order valence-corrected chi connectivity index (χ3v) is 6.90. The molecule has 3 aromatic carbocycles. The van der Waals surface area contributed by atoms with E-state index in [0.717, 1.165) is 10.8 Å². The van der Waals surface area contributed by atoms with Crippen LogP contribution in [0.25, 0.3) is 16.5 Å². The Morgan fingerprint density at radius 1 is 1.03 bits per heavy atom. The molecule has 1 N–H and O–H groups in total. The number of carbonyl (C=O) groups is 1. The van der Waals surface area contributed by atoms with Gasteiger partial charge >= 0.3 is 0 Å². The highest BCUT2D eigenvalue weighted by Gasteiger charge is 2.33. The highest BCUT2D eigenvalue weighted by Crippen LogP contribution is 2.33. The molecule has 1 amide bonds. The Balaban J connectivity index is 1.38. The van der Waals surface area contributed by atoms with Crippen LogP contribution >= 0.6 is 11.6 Å². The lowest BCUT2D eigenvalue weighted by molar-refractivity contribution is -0.118. The molecule has 0 atom stereocenters. The van der Waals surface area contributed by atoms with Crippen molar-refractivity contribution in [3.63, 3.8) is 0 Å². The van der Waals surface area contributed by atoms with E-state index in [2.05, 4.69) is 10.4 Å². The van der Waals surface area contributed by atoms with E-state index in [1.54, 1.807) is 30.3 Å².